The van der Waals surface area contributed by atoms with E-state index in [-0.39, 0.29) is 38.1 Å². The molecule has 6 rings (SSSR count). The van der Waals surface area contributed by atoms with Crippen LogP contribution in [0.5, 0.6) is 0 Å². The van der Waals surface area contributed by atoms with Gasteiger partial charge in [0, 0.05) is 0 Å². The van der Waals surface area contributed by atoms with E-state index in [9.17, 15) is 9.59 Å². The van der Waals surface area contributed by atoms with Crippen LogP contribution in [0.4, 0.5) is 0 Å². The summed E-state index contributed by atoms with van der Waals surface area (Å²) in [4.78, 5) is 23.4. The molecule has 6 aromatic rings. The van der Waals surface area contributed by atoms with Gasteiger partial charge >= 0.3 is 20.1 Å². The van der Waals surface area contributed by atoms with E-state index in [1.807, 2.05) is 72.8 Å². The van der Waals surface area contributed by atoms with Crippen LogP contribution in [0.3, 0.4) is 0 Å². The minimum absolute atomic E-state index is 0. The fourth-order valence-electron chi connectivity index (χ4n) is 4.02. The molecule has 2 aromatic heterocycles. The topological polar surface area (TPSA) is 95.6 Å². The van der Waals surface area contributed by atoms with Crippen LogP contribution in [-0.2, 0) is 29.7 Å². The Bertz CT molecular complexity index is 1640. The maximum Gasteiger partial charge on any atom is 3.00 e. The number of nitrogens with zero attached hydrogens (tertiary/aromatic N) is 6. The van der Waals surface area contributed by atoms with E-state index < -0.39 is 0 Å². The number of ketones is 2. The van der Waals surface area contributed by atoms with Crippen LogP contribution < -0.4 is 0 Å². The molecule has 9 heteroatoms. The number of carbonyl (C=O) groups is 2. The van der Waals surface area contributed by atoms with Crippen LogP contribution >= 0.6 is 0 Å². The van der Waals surface area contributed by atoms with Crippen molar-refractivity contribution >= 4 is 33.6 Å². The van der Waals surface area contributed by atoms with Gasteiger partial charge in [0.05, 0.1) is 6.42 Å². The van der Waals surface area contributed by atoms with Gasteiger partial charge in [0.15, 0.2) is 0 Å². The van der Waals surface area contributed by atoms with Crippen LogP contribution in [0.2, 0.25) is 0 Å². The zero-order chi connectivity index (χ0) is 29.5. The van der Waals surface area contributed by atoms with Gasteiger partial charge in [-0.3, -0.25) is 9.59 Å². The molecule has 0 spiro atoms. The molecule has 0 aliphatic rings. The van der Waals surface area contributed by atoms with Crippen LogP contribution in [0.25, 0.3) is 33.4 Å². The van der Waals surface area contributed by atoms with Gasteiger partial charge in [0.25, 0.3) is 0 Å². The van der Waals surface area contributed by atoms with Crippen molar-refractivity contribution in [2.45, 2.75) is 48.0 Å². The zero-order valence-electron chi connectivity index (χ0n) is 24.5. The number of aryl methyl sites for hydroxylation is 2. The molecule has 0 aliphatic heterocycles. The average molecular weight is 737 g/mol. The predicted molar refractivity (Wildman–Crippen MR) is 160 cm³/mol. The minimum Gasteiger partial charge on any atom is -0.300 e. The Balaban J connectivity index is 0.000000186. The molecule has 0 N–H and O–H groups in total. The molecule has 2 heterocycles. The van der Waals surface area contributed by atoms with Crippen molar-refractivity contribution in [1.29, 1.82) is 0 Å². The normalized spacial score (nSPS) is 10.2. The van der Waals surface area contributed by atoms with E-state index in [0.717, 1.165) is 44.6 Å². The monoisotopic (exact) mass is 737 g/mol. The number of aromatic nitrogens is 6. The molecule has 0 saturated carbocycles. The van der Waals surface area contributed by atoms with E-state index in [1.54, 1.807) is 9.59 Å². The molecule has 0 aliphatic carbocycles. The summed E-state index contributed by atoms with van der Waals surface area (Å²) in [7, 11) is 0. The molecule has 0 atom stereocenters. The first kappa shape index (κ1) is 32.2. The Kier molecular flexibility index (Phi) is 11.1. The van der Waals surface area contributed by atoms with Crippen molar-refractivity contribution in [3.05, 3.63) is 107 Å². The molecule has 8 nitrogen and oxygen atoms in total. The van der Waals surface area contributed by atoms with Gasteiger partial charge in [-0.05, 0) is 49.5 Å². The molecule has 0 unspecified atom stereocenters. The molecule has 0 bridgehead atoms. The second-order valence-electron chi connectivity index (χ2n) is 9.81. The van der Waals surface area contributed by atoms with Gasteiger partial charge < -0.3 is 0 Å². The third-order valence-electron chi connectivity index (χ3n) is 6.47. The van der Waals surface area contributed by atoms with E-state index in [0.29, 0.717) is 0 Å². The smallest absolute Gasteiger partial charge is 0.300 e. The number of Topliss-reactive ketones (excluding diaryl/α,β-unsaturated/α-hetero) is 2. The van der Waals surface area contributed by atoms with Gasteiger partial charge in [-0.1, -0.05) is 52.0 Å². The number of benzene rings is 4. The summed E-state index contributed by atoms with van der Waals surface area (Å²) in [6.07, 6.45) is 0.0833. The summed E-state index contributed by atoms with van der Waals surface area (Å²) in [5, 5.41) is 17.8. The Labute approximate surface area is 259 Å². The first-order chi connectivity index (χ1) is 19.6. The minimum atomic E-state index is -0.0625. The number of fused-ring (bicyclic) bond motifs is 2. The zero-order valence-corrected chi connectivity index (χ0v) is 26.9. The number of hydrogen-bond donors (Lipinski definition) is 0. The number of hydrogen-bond acceptors (Lipinski definition) is 6. The fourth-order valence-corrected chi connectivity index (χ4v) is 4.02. The standard InChI is InChI=1S/2C14H12N3.C5H8O2.Ir/c2*1-10-6-5-9-14(11(10)2)17-15-12-7-3-4-8-13(12)16-17;1-4(6)3-5(2)7;/h2*3-8H,1-2H3;3H2,1-2H3;/q2*-1;;+3. The van der Waals surface area contributed by atoms with Gasteiger partial charge in [-0.2, -0.15) is 77.5 Å². The summed E-state index contributed by atoms with van der Waals surface area (Å²) in [6, 6.07) is 30.0. The van der Waals surface area contributed by atoms with Crippen molar-refractivity contribution in [3.63, 3.8) is 0 Å². The number of carbonyl (C=O) groups excluding carboxylic acids is 2. The molecule has 0 saturated heterocycles. The van der Waals surface area contributed by atoms with Crippen molar-refractivity contribution < 1.29 is 29.7 Å². The maximum absolute atomic E-state index is 10.0. The molecule has 42 heavy (non-hydrogen) atoms. The van der Waals surface area contributed by atoms with E-state index in [4.69, 9.17) is 0 Å². The first-order valence-electron chi connectivity index (χ1n) is 13.2. The summed E-state index contributed by atoms with van der Waals surface area (Å²) < 4.78 is 0. The third kappa shape index (κ3) is 7.90. The molecule has 0 amide bonds. The summed E-state index contributed by atoms with van der Waals surface area (Å²) in [6.45, 7) is 11.1. The van der Waals surface area contributed by atoms with Gasteiger partial charge in [0.2, 0.25) is 0 Å². The van der Waals surface area contributed by atoms with Crippen molar-refractivity contribution in [1.82, 2.24) is 30.0 Å². The summed E-state index contributed by atoms with van der Waals surface area (Å²) in [5.74, 6) is -0.125. The molecule has 0 radical (unpaired) electrons. The quantitative estimate of drug-likeness (QED) is 0.158. The number of rotatable bonds is 4. The second kappa shape index (κ2) is 14.5. The third-order valence-corrected chi connectivity index (χ3v) is 6.47. The Morgan fingerprint density at radius 3 is 1.17 bits per heavy atom. The molecular formula is C33H32IrN6O2+. The molecule has 4 aromatic carbocycles. The SMILES string of the molecule is CC(=O)CC(C)=O.Cc1cc[c-]c(-n2nc3ccccc3n2)c1C.Cc1cc[c-]c(-n2nc3ccccc3n2)c1C.[Ir+3]. The van der Waals surface area contributed by atoms with E-state index >= 15 is 0 Å². The van der Waals surface area contributed by atoms with Crippen molar-refractivity contribution in [3.8, 4) is 11.4 Å². The second-order valence-corrected chi connectivity index (χ2v) is 9.81. The Morgan fingerprint density at radius 1 is 0.595 bits per heavy atom. The maximum atomic E-state index is 10.0. The van der Waals surface area contributed by atoms with Crippen molar-refractivity contribution in [2.75, 3.05) is 0 Å². The van der Waals surface area contributed by atoms with Crippen LogP contribution in [0, 0.1) is 39.8 Å². The van der Waals surface area contributed by atoms with E-state index in [2.05, 4.69) is 60.2 Å². The summed E-state index contributed by atoms with van der Waals surface area (Å²) in [5.41, 5.74) is 10.2. The molecule has 0 fully saturated rings. The van der Waals surface area contributed by atoms with Gasteiger partial charge in [0.1, 0.15) is 33.6 Å². The fraction of sp³-hybridized carbons (Fsp3) is 0.212. The van der Waals surface area contributed by atoms with E-state index in [1.165, 1.54) is 25.0 Å². The molecular weight excluding hydrogens is 705 g/mol. The first-order valence-corrected chi connectivity index (χ1v) is 13.2. The average Bonchev–Trinajstić information content (AvgIpc) is 3.56. The predicted octanol–water partition coefficient (Wildman–Crippen LogP) is 6.23. The van der Waals surface area contributed by atoms with Crippen LogP contribution in [0.15, 0.2) is 72.8 Å². The summed E-state index contributed by atoms with van der Waals surface area (Å²) >= 11 is 0. The molecule has 214 valence electrons. The van der Waals surface area contributed by atoms with Crippen molar-refractivity contribution in [2.24, 2.45) is 0 Å². The Morgan fingerprint density at radius 2 is 0.905 bits per heavy atom. The van der Waals surface area contributed by atoms with Crippen LogP contribution in [0.1, 0.15) is 42.5 Å². The van der Waals surface area contributed by atoms with Gasteiger partial charge in [-0.25, -0.2) is 0 Å². The largest absolute Gasteiger partial charge is 3.00 e. The van der Waals surface area contributed by atoms with Crippen LogP contribution in [-0.4, -0.2) is 41.6 Å². The van der Waals surface area contributed by atoms with Gasteiger partial charge in [-0.15, -0.1) is 11.1 Å². The Hall–Kier alpha value is -4.33.